The molecule has 0 aliphatic heterocycles. The predicted molar refractivity (Wildman–Crippen MR) is 119 cm³/mol. The number of methoxy groups -OCH3 is 1. The third-order valence-electron chi connectivity index (χ3n) is 5.26. The van der Waals surface area contributed by atoms with E-state index in [1.807, 2.05) is 0 Å². The summed E-state index contributed by atoms with van der Waals surface area (Å²) in [6.07, 6.45) is -0.629. The molecule has 176 valence electrons. The number of hydrogen-bond donors (Lipinski definition) is 0. The van der Waals surface area contributed by atoms with E-state index in [0.717, 1.165) is 25.7 Å². The Morgan fingerprint density at radius 1 is 1.06 bits per heavy atom. The molecule has 5 nitrogen and oxygen atoms in total. The van der Waals surface area contributed by atoms with Crippen molar-refractivity contribution in [3.63, 3.8) is 0 Å². The summed E-state index contributed by atoms with van der Waals surface area (Å²) in [5.74, 6) is -1.48. The molecule has 3 aromatic rings. The average molecular weight is 462 g/mol. The van der Waals surface area contributed by atoms with Crippen molar-refractivity contribution in [1.29, 1.82) is 0 Å². The summed E-state index contributed by atoms with van der Waals surface area (Å²) in [6, 6.07) is 8.37. The van der Waals surface area contributed by atoms with Crippen molar-refractivity contribution in [2.75, 3.05) is 7.11 Å². The van der Waals surface area contributed by atoms with Gasteiger partial charge in [-0.15, -0.1) is 0 Å². The Hall–Kier alpha value is -3.29. The molecule has 0 saturated carbocycles. The van der Waals surface area contributed by atoms with E-state index in [1.165, 1.54) is 50.4 Å². The fourth-order valence-corrected chi connectivity index (χ4v) is 3.67. The van der Waals surface area contributed by atoms with Gasteiger partial charge in [-0.3, -0.25) is 9.59 Å². The zero-order valence-electron chi connectivity index (χ0n) is 18.7. The van der Waals surface area contributed by atoms with Crippen LogP contribution >= 0.6 is 0 Å². The first-order valence-corrected chi connectivity index (χ1v) is 10.7. The maximum Gasteiger partial charge on any atom is 0.450 e. The second-order valence-electron chi connectivity index (χ2n) is 7.72. The largest absolute Gasteiger partial charge is 0.497 e. The molecule has 0 amide bonds. The van der Waals surface area contributed by atoms with Crippen LogP contribution in [0.5, 0.6) is 11.5 Å². The molecule has 0 aliphatic rings. The zero-order chi connectivity index (χ0) is 24.2. The summed E-state index contributed by atoms with van der Waals surface area (Å²) in [4.78, 5) is 24.9. The Labute approximate surface area is 189 Å². The molecule has 8 heteroatoms. The van der Waals surface area contributed by atoms with Gasteiger partial charge in [-0.1, -0.05) is 38.3 Å². The number of rotatable bonds is 8. The van der Waals surface area contributed by atoms with Crippen LogP contribution in [-0.4, -0.2) is 13.1 Å². The van der Waals surface area contributed by atoms with Crippen molar-refractivity contribution in [2.24, 2.45) is 0 Å². The third kappa shape index (κ3) is 5.56. The molecule has 0 atom stereocenters. The first kappa shape index (κ1) is 24.4. The van der Waals surface area contributed by atoms with E-state index in [2.05, 4.69) is 6.92 Å². The topological polar surface area (TPSA) is 65.7 Å². The summed E-state index contributed by atoms with van der Waals surface area (Å²) < 4.78 is 57.1. The number of aryl methyl sites for hydroxylation is 1. The van der Waals surface area contributed by atoms with Crippen LogP contribution in [0.4, 0.5) is 13.2 Å². The molecule has 1 aromatic heterocycles. The molecule has 0 fully saturated rings. The summed E-state index contributed by atoms with van der Waals surface area (Å²) in [6.45, 7) is 3.28. The minimum atomic E-state index is -4.91. The number of alkyl halides is 3. The molecule has 0 aliphatic carbocycles. The van der Waals surface area contributed by atoms with Crippen LogP contribution in [0.2, 0.25) is 0 Å². The van der Waals surface area contributed by atoms with Crippen LogP contribution in [-0.2, 0) is 17.4 Å². The van der Waals surface area contributed by atoms with Crippen LogP contribution in [0.1, 0.15) is 50.9 Å². The second kappa shape index (κ2) is 10.1. The smallest absolute Gasteiger partial charge is 0.450 e. The number of halogens is 3. The molecule has 0 unspecified atom stereocenters. The number of benzene rings is 2. The standard InChI is InChI=1S/C25H25F3O5/c1-4-5-6-7-8-17-13-19-21(14-20(17)32-15(2)29)33-24(25(26,27)28)22(23(19)30)16-9-11-18(31-3)12-10-16/h9-14H,4-8H2,1-3H3. The Morgan fingerprint density at radius 2 is 1.76 bits per heavy atom. The third-order valence-corrected chi connectivity index (χ3v) is 5.26. The van der Waals surface area contributed by atoms with E-state index < -0.39 is 28.9 Å². The summed E-state index contributed by atoms with van der Waals surface area (Å²) >= 11 is 0. The molecule has 33 heavy (non-hydrogen) atoms. The van der Waals surface area contributed by atoms with E-state index in [9.17, 15) is 22.8 Å². The maximum atomic E-state index is 13.9. The lowest BCUT2D eigenvalue weighted by Gasteiger charge is -2.15. The molecule has 0 bridgehead atoms. The number of hydrogen-bond acceptors (Lipinski definition) is 5. The van der Waals surface area contributed by atoms with Crippen molar-refractivity contribution in [3.8, 4) is 22.6 Å². The lowest BCUT2D eigenvalue weighted by atomic mass is 9.98. The van der Waals surface area contributed by atoms with Gasteiger partial charge in [0.05, 0.1) is 18.1 Å². The molecule has 2 aromatic carbocycles. The summed E-state index contributed by atoms with van der Waals surface area (Å²) in [5, 5.41) is -0.00443. The monoisotopic (exact) mass is 462 g/mol. The first-order chi connectivity index (χ1) is 15.7. The SMILES string of the molecule is CCCCCCc1cc2c(=O)c(-c3ccc(OC)cc3)c(C(F)(F)F)oc2cc1OC(C)=O. The minimum absolute atomic E-state index is 0.00443. The number of esters is 1. The van der Waals surface area contributed by atoms with E-state index >= 15 is 0 Å². The number of carbonyl (C=O) groups excluding carboxylic acids is 1. The van der Waals surface area contributed by atoms with Gasteiger partial charge in [0, 0.05) is 13.0 Å². The minimum Gasteiger partial charge on any atom is -0.497 e. The van der Waals surface area contributed by atoms with Gasteiger partial charge in [0.25, 0.3) is 0 Å². The molecule has 1 heterocycles. The number of fused-ring (bicyclic) bond motifs is 1. The Morgan fingerprint density at radius 3 is 2.33 bits per heavy atom. The van der Waals surface area contributed by atoms with Gasteiger partial charge in [0.1, 0.15) is 17.1 Å². The highest BCUT2D eigenvalue weighted by atomic mass is 19.4. The highest BCUT2D eigenvalue weighted by molar-refractivity contribution is 5.86. The van der Waals surface area contributed by atoms with Gasteiger partial charge in [0.2, 0.25) is 11.2 Å². The van der Waals surface area contributed by atoms with Gasteiger partial charge in [0.15, 0.2) is 0 Å². The van der Waals surface area contributed by atoms with Crippen LogP contribution in [0.15, 0.2) is 45.6 Å². The number of ether oxygens (including phenoxy) is 2. The molecule has 3 rings (SSSR count). The molecular formula is C25H25F3O5. The van der Waals surface area contributed by atoms with Crippen LogP contribution in [0, 0.1) is 0 Å². The average Bonchev–Trinajstić information content (AvgIpc) is 2.76. The number of unbranched alkanes of at least 4 members (excludes halogenated alkanes) is 3. The highest BCUT2D eigenvalue weighted by Crippen LogP contribution is 2.39. The van der Waals surface area contributed by atoms with E-state index in [4.69, 9.17) is 13.9 Å². The number of carbonyl (C=O) groups is 1. The second-order valence-corrected chi connectivity index (χ2v) is 7.72. The predicted octanol–water partition coefficient (Wildman–Crippen LogP) is 6.54. The van der Waals surface area contributed by atoms with E-state index in [1.54, 1.807) is 0 Å². The van der Waals surface area contributed by atoms with Crippen molar-refractivity contribution >= 4 is 16.9 Å². The van der Waals surface area contributed by atoms with Gasteiger partial charge >= 0.3 is 12.1 Å². The zero-order valence-corrected chi connectivity index (χ0v) is 18.7. The van der Waals surface area contributed by atoms with Crippen molar-refractivity contribution in [1.82, 2.24) is 0 Å². The molecule has 0 spiro atoms. The summed E-state index contributed by atoms with van der Waals surface area (Å²) in [7, 11) is 1.43. The van der Waals surface area contributed by atoms with Crippen molar-refractivity contribution in [3.05, 3.63) is 57.9 Å². The highest BCUT2D eigenvalue weighted by Gasteiger charge is 2.39. The van der Waals surface area contributed by atoms with Crippen molar-refractivity contribution in [2.45, 2.75) is 52.1 Å². The van der Waals surface area contributed by atoms with Gasteiger partial charge in [-0.05, 0) is 42.2 Å². The van der Waals surface area contributed by atoms with E-state index in [0.29, 0.717) is 17.7 Å². The molecule has 0 saturated heterocycles. The lowest BCUT2D eigenvalue weighted by molar-refractivity contribution is -0.152. The Balaban J connectivity index is 2.24. The first-order valence-electron chi connectivity index (χ1n) is 10.7. The maximum absolute atomic E-state index is 13.9. The van der Waals surface area contributed by atoms with Crippen LogP contribution in [0.3, 0.4) is 0 Å². The van der Waals surface area contributed by atoms with Gasteiger partial charge < -0.3 is 13.9 Å². The van der Waals surface area contributed by atoms with E-state index in [-0.39, 0.29) is 22.3 Å². The van der Waals surface area contributed by atoms with Crippen LogP contribution < -0.4 is 14.9 Å². The fraction of sp³-hybridized carbons (Fsp3) is 0.360. The van der Waals surface area contributed by atoms with Gasteiger partial charge in [-0.2, -0.15) is 13.2 Å². The lowest BCUT2D eigenvalue weighted by Crippen LogP contribution is -2.16. The van der Waals surface area contributed by atoms with Crippen LogP contribution in [0.25, 0.3) is 22.1 Å². The summed E-state index contributed by atoms with van der Waals surface area (Å²) in [5.41, 5.74) is -1.04. The van der Waals surface area contributed by atoms with Gasteiger partial charge in [-0.25, -0.2) is 0 Å². The fourth-order valence-electron chi connectivity index (χ4n) is 3.67. The molecular weight excluding hydrogens is 437 g/mol. The quantitative estimate of drug-likeness (QED) is 0.216. The Bertz CT molecular complexity index is 1190. The Kier molecular flexibility index (Phi) is 7.46. The van der Waals surface area contributed by atoms with Crippen molar-refractivity contribution < 1.29 is 31.9 Å². The normalized spacial score (nSPS) is 11.6. The molecule has 0 radical (unpaired) electrons. The molecule has 0 N–H and O–H groups in total.